The average molecular weight is 287 g/mol. The fourth-order valence-electron chi connectivity index (χ4n) is 1.89. The highest BCUT2D eigenvalue weighted by Gasteiger charge is 2.16. The predicted molar refractivity (Wildman–Crippen MR) is 76.3 cm³/mol. The van der Waals surface area contributed by atoms with Crippen molar-refractivity contribution in [1.82, 2.24) is 25.1 Å². The molecule has 7 heteroatoms. The van der Waals surface area contributed by atoms with Crippen molar-refractivity contribution >= 4 is 17.2 Å². The largest absolute Gasteiger partial charge is 0.345 e. The second-order valence-corrected chi connectivity index (χ2v) is 5.22. The quantitative estimate of drug-likeness (QED) is 0.768. The summed E-state index contributed by atoms with van der Waals surface area (Å²) in [7, 11) is 1.89. The lowest BCUT2D eigenvalue weighted by atomic mass is 10.2. The zero-order valence-electron chi connectivity index (χ0n) is 10.8. The molecule has 0 bridgehead atoms. The van der Waals surface area contributed by atoms with Crippen LogP contribution >= 0.6 is 11.3 Å². The van der Waals surface area contributed by atoms with Gasteiger partial charge in [0.2, 0.25) is 0 Å². The smallest absolute Gasteiger partial charge is 0.255 e. The van der Waals surface area contributed by atoms with Gasteiger partial charge in [0.05, 0.1) is 28.9 Å². The van der Waals surface area contributed by atoms with Crippen LogP contribution in [0, 0.1) is 0 Å². The zero-order valence-corrected chi connectivity index (χ0v) is 11.6. The van der Waals surface area contributed by atoms with E-state index in [0.717, 1.165) is 16.4 Å². The summed E-state index contributed by atoms with van der Waals surface area (Å²) in [6.07, 6.45) is 5.09. The van der Waals surface area contributed by atoms with E-state index < -0.39 is 0 Å². The molecule has 0 aromatic carbocycles. The first-order valence-electron chi connectivity index (χ1n) is 6.07. The van der Waals surface area contributed by atoms with Gasteiger partial charge in [0.25, 0.3) is 5.91 Å². The number of carbonyl (C=O) groups is 1. The van der Waals surface area contributed by atoms with E-state index in [2.05, 4.69) is 20.5 Å². The number of carbonyl (C=O) groups excluding carboxylic acids is 1. The van der Waals surface area contributed by atoms with Gasteiger partial charge in [0, 0.05) is 19.4 Å². The molecule has 0 fully saturated rings. The molecule has 0 atom stereocenters. The number of nitrogens with one attached hydrogen (secondary N) is 2. The summed E-state index contributed by atoms with van der Waals surface area (Å²) in [4.78, 5) is 17.4. The summed E-state index contributed by atoms with van der Waals surface area (Å²) in [5.41, 5.74) is 1.29. The van der Waals surface area contributed by atoms with Crippen LogP contribution in [0.2, 0.25) is 0 Å². The van der Waals surface area contributed by atoms with E-state index in [0.29, 0.717) is 12.1 Å². The standard InChI is InChI=1S/C13H13N5OS/c1-18-5-4-14-11(18)8-15-13(19)9-7-16-17-12(9)10-3-2-6-20-10/h2-7H,8H2,1H3,(H,15,19)(H,16,17). The number of nitrogens with zero attached hydrogens (tertiary/aromatic N) is 3. The van der Waals surface area contributed by atoms with Crippen LogP contribution in [0.4, 0.5) is 0 Å². The number of H-pyrrole nitrogens is 1. The normalized spacial score (nSPS) is 10.7. The molecule has 3 heterocycles. The fraction of sp³-hybridized carbons (Fsp3) is 0.154. The molecule has 0 saturated heterocycles. The van der Waals surface area contributed by atoms with E-state index in [1.165, 1.54) is 0 Å². The molecule has 0 saturated carbocycles. The van der Waals surface area contributed by atoms with Crippen LogP contribution in [-0.4, -0.2) is 25.7 Å². The van der Waals surface area contributed by atoms with Gasteiger partial charge in [-0.05, 0) is 11.4 Å². The summed E-state index contributed by atoms with van der Waals surface area (Å²) in [6, 6.07) is 3.89. The lowest BCUT2D eigenvalue weighted by molar-refractivity contribution is 0.0950. The van der Waals surface area contributed by atoms with E-state index in [9.17, 15) is 4.79 Å². The highest BCUT2D eigenvalue weighted by molar-refractivity contribution is 7.13. The van der Waals surface area contributed by atoms with Crippen molar-refractivity contribution in [1.29, 1.82) is 0 Å². The Bertz CT molecular complexity index is 713. The highest BCUT2D eigenvalue weighted by Crippen LogP contribution is 2.25. The molecule has 0 aliphatic rings. The number of imidazole rings is 1. The summed E-state index contributed by atoms with van der Waals surface area (Å²) in [5.74, 6) is 0.643. The van der Waals surface area contributed by atoms with E-state index in [-0.39, 0.29) is 5.91 Å². The van der Waals surface area contributed by atoms with Crippen LogP contribution in [0.3, 0.4) is 0 Å². The number of amides is 1. The molecule has 3 aromatic heterocycles. The fourth-order valence-corrected chi connectivity index (χ4v) is 2.62. The minimum absolute atomic E-state index is 0.162. The van der Waals surface area contributed by atoms with E-state index in [4.69, 9.17) is 0 Å². The third kappa shape index (κ3) is 2.35. The number of aromatic amines is 1. The number of aryl methyl sites for hydroxylation is 1. The molecule has 102 valence electrons. The Morgan fingerprint density at radius 3 is 3.15 bits per heavy atom. The van der Waals surface area contributed by atoms with Crippen LogP contribution in [-0.2, 0) is 13.6 Å². The number of thiophene rings is 1. The van der Waals surface area contributed by atoms with E-state index in [1.54, 1.807) is 23.7 Å². The van der Waals surface area contributed by atoms with Crippen molar-refractivity contribution in [2.24, 2.45) is 7.05 Å². The summed E-state index contributed by atoms with van der Waals surface area (Å²) in [5, 5.41) is 11.7. The Morgan fingerprint density at radius 2 is 2.45 bits per heavy atom. The van der Waals surface area contributed by atoms with Gasteiger partial charge in [-0.3, -0.25) is 9.89 Å². The van der Waals surface area contributed by atoms with Gasteiger partial charge < -0.3 is 9.88 Å². The molecule has 3 rings (SSSR count). The van der Waals surface area contributed by atoms with E-state index in [1.807, 2.05) is 35.3 Å². The summed E-state index contributed by atoms with van der Waals surface area (Å²) >= 11 is 1.56. The first-order chi connectivity index (χ1) is 9.75. The first kappa shape index (κ1) is 12.6. The molecule has 0 aliphatic carbocycles. The second kappa shape index (κ2) is 5.30. The maximum Gasteiger partial charge on any atom is 0.255 e. The Balaban J connectivity index is 1.75. The Morgan fingerprint density at radius 1 is 1.55 bits per heavy atom. The number of hydrogen-bond donors (Lipinski definition) is 2. The summed E-state index contributed by atoms with van der Waals surface area (Å²) in [6.45, 7) is 0.386. The van der Waals surface area contributed by atoms with Crippen molar-refractivity contribution in [3.63, 3.8) is 0 Å². The number of rotatable bonds is 4. The topological polar surface area (TPSA) is 75.6 Å². The molecule has 20 heavy (non-hydrogen) atoms. The average Bonchev–Trinajstić information content (AvgIpc) is 3.17. The van der Waals surface area contributed by atoms with Crippen molar-refractivity contribution in [2.75, 3.05) is 0 Å². The zero-order chi connectivity index (χ0) is 13.9. The monoisotopic (exact) mass is 287 g/mol. The van der Waals surface area contributed by atoms with Gasteiger partial charge in [0.15, 0.2) is 0 Å². The van der Waals surface area contributed by atoms with Crippen LogP contribution < -0.4 is 5.32 Å². The second-order valence-electron chi connectivity index (χ2n) is 4.27. The molecular weight excluding hydrogens is 274 g/mol. The van der Waals surface area contributed by atoms with Crippen molar-refractivity contribution in [3.8, 4) is 10.6 Å². The maximum atomic E-state index is 12.2. The predicted octanol–water partition coefficient (Wildman–Crippen LogP) is 1.80. The van der Waals surface area contributed by atoms with Gasteiger partial charge in [0.1, 0.15) is 5.82 Å². The first-order valence-corrected chi connectivity index (χ1v) is 6.95. The molecule has 3 aromatic rings. The lowest BCUT2D eigenvalue weighted by Gasteiger charge is -2.05. The van der Waals surface area contributed by atoms with E-state index >= 15 is 0 Å². The van der Waals surface area contributed by atoms with Crippen LogP contribution in [0.5, 0.6) is 0 Å². The molecule has 1 amide bonds. The third-order valence-electron chi connectivity index (χ3n) is 2.98. The van der Waals surface area contributed by atoms with Crippen molar-refractivity contribution in [3.05, 3.63) is 47.5 Å². The molecule has 6 nitrogen and oxygen atoms in total. The molecule has 0 aliphatic heterocycles. The van der Waals surface area contributed by atoms with Gasteiger partial charge in [-0.15, -0.1) is 11.3 Å². The number of hydrogen-bond acceptors (Lipinski definition) is 4. The third-order valence-corrected chi connectivity index (χ3v) is 3.87. The number of aromatic nitrogens is 4. The Labute approximate surface area is 119 Å². The maximum absolute atomic E-state index is 12.2. The van der Waals surface area contributed by atoms with Gasteiger partial charge >= 0.3 is 0 Å². The van der Waals surface area contributed by atoms with Crippen molar-refractivity contribution in [2.45, 2.75) is 6.54 Å². The minimum Gasteiger partial charge on any atom is -0.345 e. The molecular formula is C13H13N5OS. The highest BCUT2D eigenvalue weighted by atomic mass is 32.1. The van der Waals surface area contributed by atoms with Gasteiger partial charge in [-0.2, -0.15) is 5.10 Å². The molecule has 0 unspecified atom stereocenters. The minimum atomic E-state index is -0.162. The van der Waals surface area contributed by atoms with Gasteiger partial charge in [-0.25, -0.2) is 4.98 Å². The van der Waals surface area contributed by atoms with Gasteiger partial charge in [-0.1, -0.05) is 6.07 Å². The molecule has 0 spiro atoms. The summed E-state index contributed by atoms with van der Waals surface area (Å²) < 4.78 is 1.87. The van der Waals surface area contributed by atoms with Crippen LogP contribution in [0.1, 0.15) is 16.2 Å². The Kier molecular flexibility index (Phi) is 3.34. The Hall–Kier alpha value is -2.41. The van der Waals surface area contributed by atoms with Crippen LogP contribution in [0.25, 0.3) is 10.6 Å². The lowest BCUT2D eigenvalue weighted by Crippen LogP contribution is -2.24. The molecule has 0 radical (unpaired) electrons. The van der Waals surface area contributed by atoms with Crippen LogP contribution in [0.15, 0.2) is 36.1 Å². The molecule has 2 N–H and O–H groups in total. The van der Waals surface area contributed by atoms with Crippen molar-refractivity contribution < 1.29 is 4.79 Å². The SMILES string of the molecule is Cn1ccnc1CNC(=O)c1cn[nH]c1-c1cccs1.